The molecule has 0 aliphatic carbocycles. The SMILES string of the molecule is CC[C@H](C)[C@H]1CC(=O)NCC(=O)N[C@H]2CS(=O)c3[nH]c4cc(O)ccc4c3C[C@H](CC(=O)[C@H]([C@@H](C)[C@@H](O)COC(=O)CCCN(C)C(C)C)NCC(=O)[C@@H]3C[C@@H](O)CN3C(=O)[C@H](CC(N)=O)CC2=O)C(=O)NCC(=O)N1. The van der Waals surface area contributed by atoms with E-state index in [1.54, 1.807) is 6.92 Å². The molecule has 0 saturated carbocycles. The zero-order valence-electron chi connectivity index (χ0n) is 44.0. The normalized spacial score (nSPS) is 26.6. The van der Waals surface area contributed by atoms with Gasteiger partial charge in [0.15, 0.2) is 17.3 Å². The molecular weight excluding hydrogens is 1010 g/mol. The van der Waals surface area contributed by atoms with E-state index in [-0.39, 0.29) is 59.5 Å². The van der Waals surface area contributed by atoms with Crippen molar-refractivity contribution in [2.24, 2.45) is 29.4 Å². The first-order valence-corrected chi connectivity index (χ1v) is 27.2. The Morgan fingerprint density at radius 3 is 2.29 bits per heavy atom. The van der Waals surface area contributed by atoms with Crippen LogP contribution in [0.25, 0.3) is 10.9 Å². The van der Waals surface area contributed by atoms with Crippen molar-refractivity contribution in [2.45, 2.75) is 140 Å². The Morgan fingerprint density at radius 2 is 1.61 bits per heavy atom. The topological polar surface area (TPSA) is 366 Å². The lowest BCUT2D eigenvalue weighted by Gasteiger charge is -2.31. The Balaban J connectivity index is 1.65. The van der Waals surface area contributed by atoms with E-state index in [4.69, 9.17) is 10.5 Å². The van der Waals surface area contributed by atoms with Gasteiger partial charge in [-0.3, -0.25) is 52.2 Å². The number of aromatic hydroxyl groups is 1. The van der Waals surface area contributed by atoms with Gasteiger partial charge < -0.3 is 67.2 Å². The number of hydrogen-bond donors (Lipinski definition) is 10. The second kappa shape index (κ2) is 27.8. The van der Waals surface area contributed by atoms with Gasteiger partial charge in [0, 0.05) is 80.4 Å². The average molecular weight is 1090 g/mol. The molecule has 6 amide bonds. The van der Waals surface area contributed by atoms with E-state index in [0.717, 1.165) is 4.90 Å². The molecule has 1 fully saturated rings. The van der Waals surface area contributed by atoms with Crippen LogP contribution in [0, 0.1) is 23.7 Å². The third-order valence-electron chi connectivity index (χ3n) is 14.7. The van der Waals surface area contributed by atoms with Crippen LogP contribution in [0.3, 0.4) is 0 Å². The number of H-pyrrole nitrogens is 1. The maximum absolute atomic E-state index is 15.0. The molecule has 76 heavy (non-hydrogen) atoms. The van der Waals surface area contributed by atoms with Crippen molar-refractivity contribution in [3.63, 3.8) is 0 Å². The van der Waals surface area contributed by atoms with Gasteiger partial charge in [-0.25, -0.2) is 0 Å². The highest BCUT2D eigenvalue weighted by Gasteiger charge is 2.44. The van der Waals surface area contributed by atoms with Crippen molar-refractivity contribution in [3.8, 4) is 5.75 Å². The smallest absolute Gasteiger partial charge is 0.305 e. The second-order valence-electron chi connectivity index (χ2n) is 20.7. The molecule has 3 aliphatic rings. The van der Waals surface area contributed by atoms with E-state index < -0.39 is 181 Å². The zero-order valence-corrected chi connectivity index (χ0v) is 44.8. The first-order chi connectivity index (χ1) is 35.9. The first kappa shape index (κ1) is 60.7. The van der Waals surface area contributed by atoms with Gasteiger partial charge in [-0.2, -0.15) is 0 Å². The number of aliphatic hydroxyl groups is 2. The van der Waals surface area contributed by atoms with Crippen molar-refractivity contribution in [1.29, 1.82) is 0 Å². The number of aliphatic hydroxyl groups excluding tert-OH is 2. The van der Waals surface area contributed by atoms with Crippen molar-refractivity contribution < 1.29 is 72.2 Å². The Bertz CT molecular complexity index is 2520. The number of carbonyl (C=O) groups is 10. The Kier molecular flexibility index (Phi) is 22.2. The summed E-state index contributed by atoms with van der Waals surface area (Å²) in [4.78, 5) is 145. The number of amides is 6. The van der Waals surface area contributed by atoms with Crippen LogP contribution in [0.1, 0.15) is 91.5 Å². The molecule has 0 radical (unpaired) electrons. The van der Waals surface area contributed by atoms with Crippen molar-refractivity contribution >= 4 is 80.5 Å². The molecule has 2 aromatic rings. The summed E-state index contributed by atoms with van der Waals surface area (Å²) in [5.74, 6) is -13.4. The first-order valence-electron chi connectivity index (χ1n) is 25.8. The summed E-state index contributed by atoms with van der Waals surface area (Å²) in [6, 6.07) is -1.00. The highest BCUT2D eigenvalue weighted by molar-refractivity contribution is 7.85. The van der Waals surface area contributed by atoms with E-state index in [2.05, 4.69) is 31.6 Å². The summed E-state index contributed by atoms with van der Waals surface area (Å²) in [6.07, 6.45) is -4.95. The van der Waals surface area contributed by atoms with Crippen molar-refractivity contribution in [2.75, 3.05) is 52.1 Å². The molecular formula is C51H75N9O15S. The lowest BCUT2D eigenvalue weighted by Crippen LogP contribution is -2.53. The van der Waals surface area contributed by atoms with E-state index in [1.807, 2.05) is 32.7 Å². The molecule has 4 heterocycles. The lowest BCUT2D eigenvalue weighted by molar-refractivity contribution is -0.148. The number of phenolic OH excluding ortho intramolecular Hbond substituents is 1. The summed E-state index contributed by atoms with van der Waals surface area (Å²) in [7, 11) is -0.438. The largest absolute Gasteiger partial charge is 0.508 e. The predicted molar refractivity (Wildman–Crippen MR) is 275 cm³/mol. The fourth-order valence-electron chi connectivity index (χ4n) is 9.63. The van der Waals surface area contributed by atoms with Crippen LogP contribution < -0.4 is 32.3 Å². The maximum Gasteiger partial charge on any atom is 0.305 e. The monoisotopic (exact) mass is 1090 g/mol. The van der Waals surface area contributed by atoms with Gasteiger partial charge in [-0.1, -0.05) is 27.2 Å². The van der Waals surface area contributed by atoms with Gasteiger partial charge in [-0.05, 0) is 63.9 Å². The standard InChI is InChI=1S/C51H75N9O15S/c1-7-27(4)35-19-44(68)53-21-45(69)57-37-25-76(74)50-34(33-11-10-31(61)17-36(33)58-50)13-29(49(72)55-22-46(70)56-35)14-40(64)48(28(5)42(66)24-75-47(71)9-8-12-59(6)26(2)3)54-20-41(65)38-18-32(62)23-60(38)51(73)30(15-39(37)63)16-43(52)67/h10-11,17,26-30,32,35,37-38,42,48,54,58,61-62,66H,7-9,12-16,18-25H2,1-6H3,(H2,52,67)(H,53,68)(H,55,72)(H,56,70)(H,57,69)/t27-,28-,29+,30-,32+,35+,37-,38-,42-,48-,76?/m0/s1. The molecule has 25 heteroatoms. The summed E-state index contributed by atoms with van der Waals surface area (Å²) in [5, 5.41) is 46.4. The van der Waals surface area contributed by atoms with Gasteiger partial charge in [-0.15, -0.1) is 0 Å². The van der Waals surface area contributed by atoms with Gasteiger partial charge in [0.05, 0.1) is 78.0 Å². The molecule has 420 valence electrons. The number of benzene rings is 1. The highest BCUT2D eigenvalue weighted by Crippen LogP contribution is 2.32. The number of primary amides is 1. The molecule has 1 aromatic carbocycles. The molecule has 2 bridgehead atoms. The van der Waals surface area contributed by atoms with Crippen LogP contribution in [-0.2, 0) is 69.9 Å². The van der Waals surface area contributed by atoms with Crippen LogP contribution in [0.2, 0.25) is 0 Å². The number of hydrogen-bond acceptors (Lipinski definition) is 17. The zero-order chi connectivity index (χ0) is 56.1. The Morgan fingerprint density at radius 1 is 0.908 bits per heavy atom. The van der Waals surface area contributed by atoms with E-state index >= 15 is 0 Å². The van der Waals surface area contributed by atoms with Crippen molar-refractivity contribution in [1.82, 2.24) is 41.4 Å². The van der Waals surface area contributed by atoms with E-state index in [1.165, 1.54) is 25.1 Å². The van der Waals surface area contributed by atoms with Crippen LogP contribution in [0.5, 0.6) is 5.75 Å². The van der Waals surface area contributed by atoms with Gasteiger partial charge in [0.2, 0.25) is 35.4 Å². The molecule has 1 aromatic heterocycles. The molecule has 1 saturated heterocycles. The number of aromatic amines is 1. The number of Topliss-reactive ketones (excluding diaryl/α,β-unsaturated/α-hetero) is 3. The Hall–Kier alpha value is -6.15. The van der Waals surface area contributed by atoms with E-state index in [0.29, 0.717) is 24.8 Å². The van der Waals surface area contributed by atoms with Gasteiger partial charge >= 0.3 is 5.97 Å². The fraction of sp³-hybridized carbons (Fsp3) is 0.647. The predicted octanol–water partition coefficient (Wildman–Crippen LogP) is -1.64. The number of esters is 1. The summed E-state index contributed by atoms with van der Waals surface area (Å²) >= 11 is 0. The number of rotatable bonds is 13. The van der Waals surface area contributed by atoms with Crippen LogP contribution in [0.4, 0.5) is 0 Å². The molecule has 3 aliphatic heterocycles. The maximum atomic E-state index is 15.0. The third-order valence-corrected chi connectivity index (χ3v) is 16.1. The Labute approximate surface area is 443 Å². The summed E-state index contributed by atoms with van der Waals surface area (Å²) in [6.45, 7) is 6.72. The highest BCUT2D eigenvalue weighted by atomic mass is 32.2. The minimum Gasteiger partial charge on any atom is -0.508 e. The number of nitrogens with zero attached hydrogens (tertiary/aromatic N) is 2. The molecule has 11 N–H and O–H groups in total. The second-order valence-corrected chi connectivity index (χ2v) is 22.1. The molecule has 0 spiro atoms. The number of carbonyl (C=O) groups excluding carboxylic acids is 10. The average Bonchev–Trinajstić information content (AvgIpc) is 3.93. The van der Waals surface area contributed by atoms with Gasteiger partial charge in [0.1, 0.15) is 17.4 Å². The summed E-state index contributed by atoms with van der Waals surface area (Å²) in [5.41, 5.74) is 5.98. The molecule has 11 atom stereocenters. The van der Waals surface area contributed by atoms with Gasteiger partial charge in [0.25, 0.3) is 0 Å². The van der Waals surface area contributed by atoms with Crippen LogP contribution >= 0.6 is 0 Å². The number of phenols is 1. The number of fused-ring (bicyclic) bond motifs is 5. The molecule has 1 unspecified atom stereocenters. The third kappa shape index (κ3) is 16.7. The minimum atomic E-state index is -2.35. The molecule has 5 rings (SSSR count). The van der Waals surface area contributed by atoms with Crippen LogP contribution in [-0.4, -0.2) is 188 Å². The number of aromatic nitrogens is 1. The van der Waals surface area contributed by atoms with Crippen molar-refractivity contribution in [3.05, 3.63) is 23.8 Å². The van der Waals surface area contributed by atoms with Crippen LogP contribution in [0.15, 0.2) is 23.2 Å². The lowest BCUT2D eigenvalue weighted by atomic mass is 9.85. The summed E-state index contributed by atoms with van der Waals surface area (Å²) < 4.78 is 20.3. The quantitative estimate of drug-likeness (QED) is 0.101. The number of ketones is 3. The molecule has 24 nitrogen and oxygen atoms in total. The number of ether oxygens (including phenoxy) is 1. The number of nitrogens with two attached hydrogens (primary N) is 1. The minimum absolute atomic E-state index is 0.0299. The fourth-order valence-corrected chi connectivity index (χ4v) is 11.1. The number of nitrogens with one attached hydrogen (secondary N) is 6. The van der Waals surface area contributed by atoms with E-state index in [9.17, 15) is 67.5 Å².